The third-order valence-electron chi connectivity index (χ3n) is 2.25. The van der Waals surface area contributed by atoms with E-state index in [2.05, 4.69) is 4.98 Å². The Balaban J connectivity index is 2.20. The molecule has 0 aliphatic carbocycles. The van der Waals surface area contributed by atoms with Crippen LogP contribution in [-0.4, -0.2) is 28.2 Å². The average Bonchev–Trinajstić information content (AvgIpc) is 2.65. The van der Waals surface area contributed by atoms with Crippen molar-refractivity contribution in [1.82, 2.24) is 9.88 Å². The quantitative estimate of drug-likeness (QED) is 0.617. The first-order valence-corrected chi connectivity index (χ1v) is 4.54. The van der Waals surface area contributed by atoms with Crippen molar-refractivity contribution < 1.29 is 9.59 Å². The predicted molar refractivity (Wildman–Crippen MR) is 49.5 cm³/mol. The minimum absolute atomic E-state index is 0.0770. The first-order chi connectivity index (χ1) is 6.79. The smallest absolute Gasteiger partial charge is 0.260 e. The lowest BCUT2D eigenvalue weighted by Crippen LogP contribution is -2.31. The summed E-state index contributed by atoms with van der Waals surface area (Å²) in [7, 11) is 0. The molecular formula is C10H10N2O2. The molecule has 1 aromatic heterocycles. The van der Waals surface area contributed by atoms with Gasteiger partial charge >= 0.3 is 0 Å². The molecule has 2 heterocycles. The second-order valence-corrected chi connectivity index (χ2v) is 3.19. The van der Waals surface area contributed by atoms with Crippen LogP contribution in [0.5, 0.6) is 0 Å². The molecule has 1 aliphatic heterocycles. The van der Waals surface area contributed by atoms with Gasteiger partial charge in [0.1, 0.15) is 0 Å². The number of hydrogen-bond donors (Lipinski definition) is 0. The van der Waals surface area contributed by atoms with E-state index < -0.39 is 0 Å². The van der Waals surface area contributed by atoms with Gasteiger partial charge in [-0.3, -0.25) is 19.5 Å². The summed E-state index contributed by atoms with van der Waals surface area (Å²) in [6.45, 7) is 0.542. The van der Waals surface area contributed by atoms with Crippen molar-refractivity contribution in [2.75, 3.05) is 6.54 Å². The zero-order valence-electron chi connectivity index (χ0n) is 7.64. The Bertz CT molecular complexity index is 362. The minimum Gasteiger partial charge on any atom is -0.279 e. The number of rotatable bonds is 1. The number of pyridine rings is 1. The molecule has 0 atom stereocenters. The van der Waals surface area contributed by atoms with Crippen LogP contribution in [0.1, 0.15) is 23.2 Å². The van der Waals surface area contributed by atoms with E-state index in [1.165, 1.54) is 4.90 Å². The van der Waals surface area contributed by atoms with Gasteiger partial charge in [-0.25, -0.2) is 0 Å². The van der Waals surface area contributed by atoms with Gasteiger partial charge in [0.2, 0.25) is 5.91 Å². The highest BCUT2D eigenvalue weighted by atomic mass is 16.2. The van der Waals surface area contributed by atoms with Gasteiger partial charge in [-0.15, -0.1) is 0 Å². The maximum Gasteiger partial charge on any atom is 0.260 e. The SMILES string of the molecule is O=C1CCCN1C(=O)c1ccncc1. The molecule has 72 valence electrons. The Morgan fingerprint density at radius 3 is 2.64 bits per heavy atom. The normalized spacial score (nSPS) is 16.0. The molecule has 0 radical (unpaired) electrons. The van der Waals surface area contributed by atoms with Crippen molar-refractivity contribution in [1.29, 1.82) is 0 Å². The van der Waals surface area contributed by atoms with E-state index in [4.69, 9.17) is 0 Å². The van der Waals surface area contributed by atoms with Crippen LogP contribution in [0.25, 0.3) is 0 Å². The molecule has 4 nitrogen and oxygen atoms in total. The van der Waals surface area contributed by atoms with Gasteiger partial charge in [0.05, 0.1) is 0 Å². The molecule has 0 aromatic carbocycles. The van der Waals surface area contributed by atoms with Crippen LogP contribution >= 0.6 is 0 Å². The van der Waals surface area contributed by atoms with Crippen molar-refractivity contribution in [3.8, 4) is 0 Å². The third-order valence-corrected chi connectivity index (χ3v) is 2.25. The van der Waals surface area contributed by atoms with E-state index in [-0.39, 0.29) is 11.8 Å². The zero-order valence-corrected chi connectivity index (χ0v) is 7.64. The summed E-state index contributed by atoms with van der Waals surface area (Å²) < 4.78 is 0. The van der Waals surface area contributed by atoms with E-state index in [0.29, 0.717) is 18.5 Å². The highest BCUT2D eigenvalue weighted by molar-refractivity contribution is 6.05. The number of nitrogens with zero attached hydrogens (tertiary/aromatic N) is 2. The van der Waals surface area contributed by atoms with E-state index in [1.54, 1.807) is 24.5 Å². The summed E-state index contributed by atoms with van der Waals surface area (Å²) in [6.07, 6.45) is 4.36. The Kier molecular flexibility index (Phi) is 2.26. The monoisotopic (exact) mass is 190 g/mol. The van der Waals surface area contributed by atoms with Gasteiger partial charge in [0, 0.05) is 30.9 Å². The minimum atomic E-state index is -0.213. The molecule has 1 aliphatic rings. The van der Waals surface area contributed by atoms with Crippen molar-refractivity contribution >= 4 is 11.8 Å². The van der Waals surface area contributed by atoms with Crippen LogP contribution in [0.2, 0.25) is 0 Å². The standard InChI is InChI=1S/C10H10N2O2/c13-9-2-1-7-12(9)10(14)8-3-5-11-6-4-8/h3-6H,1-2,7H2. The second-order valence-electron chi connectivity index (χ2n) is 3.19. The Morgan fingerprint density at radius 1 is 1.36 bits per heavy atom. The fraction of sp³-hybridized carbons (Fsp3) is 0.300. The van der Waals surface area contributed by atoms with Crippen molar-refractivity contribution in [3.63, 3.8) is 0 Å². The number of likely N-dealkylation sites (tertiary alicyclic amines) is 1. The zero-order chi connectivity index (χ0) is 9.97. The molecule has 14 heavy (non-hydrogen) atoms. The lowest BCUT2D eigenvalue weighted by molar-refractivity contribution is -0.125. The van der Waals surface area contributed by atoms with Crippen LogP contribution < -0.4 is 0 Å². The van der Waals surface area contributed by atoms with E-state index in [1.807, 2.05) is 0 Å². The first-order valence-electron chi connectivity index (χ1n) is 4.54. The molecule has 4 heteroatoms. The Hall–Kier alpha value is -1.71. The fourth-order valence-corrected chi connectivity index (χ4v) is 1.51. The Labute approximate surface area is 81.6 Å². The molecule has 2 rings (SSSR count). The molecule has 0 bridgehead atoms. The highest BCUT2D eigenvalue weighted by Crippen LogP contribution is 2.13. The van der Waals surface area contributed by atoms with Gasteiger partial charge in [-0.2, -0.15) is 0 Å². The second kappa shape index (κ2) is 3.57. The lowest BCUT2D eigenvalue weighted by atomic mass is 10.2. The largest absolute Gasteiger partial charge is 0.279 e. The molecule has 2 amide bonds. The van der Waals surface area contributed by atoms with Crippen molar-refractivity contribution in [2.24, 2.45) is 0 Å². The summed E-state index contributed by atoms with van der Waals surface area (Å²) in [5.41, 5.74) is 0.523. The maximum atomic E-state index is 11.7. The average molecular weight is 190 g/mol. The van der Waals surface area contributed by atoms with E-state index >= 15 is 0 Å². The summed E-state index contributed by atoms with van der Waals surface area (Å²) in [4.78, 5) is 28.1. The number of imide groups is 1. The lowest BCUT2D eigenvalue weighted by Gasteiger charge is -2.12. The van der Waals surface area contributed by atoms with Gasteiger partial charge in [0.15, 0.2) is 0 Å². The summed E-state index contributed by atoms with van der Waals surface area (Å²) in [5, 5.41) is 0. The van der Waals surface area contributed by atoms with Crippen LogP contribution in [0.15, 0.2) is 24.5 Å². The van der Waals surface area contributed by atoms with E-state index in [0.717, 1.165) is 6.42 Å². The van der Waals surface area contributed by atoms with Crippen LogP contribution in [-0.2, 0) is 4.79 Å². The van der Waals surface area contributed by atoms with Gasteiger partial charge < -0.3 is 0 Å². The number of aromatic nitrogens is 1. The summed E-state index contributed by atoms with van der Waals surface area (Å²) in [5.74, 6) is -0.290. The van der Waals surface area contributed by atoms with Crippen molar-refractivity contribution in [2.45, 2.75) is 12.8 Å². The van der Waals surface area contributed by atoms with Gasteiger partial charge in [-0.1, -0.05) is 0 Å². The molecule has 1 aromatic rings. The maximum absolute atomic E-state index is 11.7. The summed E-state index contributed by atoms with van der Waals surface area (Å²) in [6, 6.07) is 3.24. The molecule has 0 saturated carbocycles. The number of hydrogen-bond acceptors (Lipinski definition) is 3. The fourth-order valence-electron chi connectivity index (χ4n) is 1.51. The van der Waals surface area contributed by atoms with Gasteiger partial charge in [0.25, 0.3) is 5.91 Å². The first kappa shape index (κ1) is 8.87. The molecule has 0 N–H and O–H groups in total. The molecule has 1 saturated heterocycles. The molecule has 0 unspecified atom stereocenters. The van der Waals surface area contributed by atoms with Crippen LogP contribution in [0.4, 0.5) is 0 Å². The Morgan fingerprint density at radius 2 is 2.07 bits per heavy atom. The third kappa shape index (κ3) is 1.51. The number of amides is 2. The van der Waals surface area contributed by atoms with Crippen LogP contribution in [0.3, 0.4) is 0 Å². The predicted octanol–water partition coefficient (Wildman–Crippen LogP) is 0.844. The van der Waals surface area contributed by atoms with E-state index in [9.17, 15) is 9.59 Å². The van der Waals surface area contributed by atoms with Gasteiger partial charge in [-0.05, 0) is 18.6 Å². The highest BCUT2D eigenvalue weighted by Gasteiger charge is 2.26. The number of carbonyl (C=O) groups is 2. The molecule has 0 spiro atoms. The summed E-state index contributed by atoms with van der Waals surface area (Å²) >= 11 is 0. The van der Waals surface area contributed by atoms with Crippen molar-refractivity contribution in [3.05, 3.63) is 30.1 Å². The molecule has 1 fully saturated rings. The van der Waals surface area contributed by atoms with Crippen LogP contribution in [0, 0.1) is 0 Å². The molecular weight excluding hydrogens is 180 g/mol. The topological polar surface area (TPSA) is 50.3 Å². The number of carbonyl (C=O) groups excluding carboxylic acids is 2.